The highest BCUT2D eigenvalue weighted by Crippen LogP contribution is 2.20. The molecule has 0 aromatic carbocycles. The van der Waals surface area contributed by atoms with Gasteiger partial charge in [0.05, 0.1) is 24.4 Å². The Morgan fingerprint density at radius 1 is 1.42 bits per heavy atom. The molecule has 1 saturated heterocycles. The van der Waals surface area contributed by atoms with E-state index < -0.39 is 0 Å². The van der Waals surface area contributed by atoms with Gasteiger partial charge in [-0.05, 0) is 51.8 Å². The third kappa shape index (κ3) is 4.36. The smallest absolute Gasteiger partial charge is 0.224 e. The van der Waals surface area contributed by atoms with Gasteiger partial charge in [0.25, 0.3) is 0 Å². The molecule has 1 aliphatic rings. The van der Waals surface area contributed by atoms with Crippen LogP contribution in [0.3, 0.4) is 0 Å². The molecule has 1 amide bonds. The normalized spacial score (nSPS) is 18.2. The van der Waals surface area contributed by atoms with Crippen LogP contribution in [0.4, 0.5) is 0 Å². The van der Waals surface area contributed by atoms with Crippen molar-refractivity contribution in [1.82, 2.24) is 20.0 Å². The summed E-state index contributed by atoms with van der Waals surface area (Å²) >= 11 is 0. The molecule has 1 aliphatic heterocycles. The van der Waals surface area contributed by atoms with E-state index in [1.54, 1.807) is 6.26 Å². The first-order valence-electron chi connectivity index (χ1n) is 9.63. The number of nitrogens with one attached hydrogen (secondary N) is 1. The van der Waals surface area contributed by atoms with Crippen molar-refractivity contribution in [2.24, 2.45) is 5.92 Å². The fraction of sp³-hybridized carbons (Fsp3) is 0.600. The predicted molar refractivity (Wildman–Crippen MR) is 101 cm³/mol. The fourth-order valence-electron chi connectivity index (χ4n) is 3.78. The summed E-state index contributed by atoms with van der Waals surface area (Å²) in [5, 5.41) is 7.73. The number of furan rings is 1. The maximum absolute atomic E-state index is 12.7. The number of likely N-dealkylation sites (tertiary alicyclic amines) is 1. The molecule has 0 unspecified atom stereocenters. The van der Waals surface area contributed by atoms with Crippen molar-refractivity contribution in [3.63, 3.8) is 0 Å². The van der Waals surface area contributed by atoms with Gasteiger partial charge < -0.3 is 9.73 Å². The molecule has 26 heavy (non-hydrogen) atoms. The van der Waals surface area contributed by atoms with Crippen LogP contribution in [0.5, 0.6) is 0 Å². The fourth-order valence-corrected chi connectivity index (χ4v) is 3.78. The zero-order valence-corrected chi connectivity index (χ0v) is 16.1. The Morgan fingerprint density at radius 3 is 3.00 bits per heavy atom. The highest BCUT2D eigenvalue weighted by Gasteiger charge is 2.26. The number of aromatic nitrogens is 2. The zero-order chi connectivity index (χ0) is 18.5. The summed E-state index contributed by atoms with van der Waals surface area (Å²) < 4.78 is 7.48. The Labute approximate surface area is 155 Å². The van der Waals surface area contributed by atoms with Gasteiger partial charge in [-0.25, -0.2) is 0 Å². The maximum atomic E-state index is 12.7. The number of piperidine rings is 1. The van der Waals surface area contributed by atoms with Gasteiger partial charge in [-0.1, -0.05) is 6.92 Å². The third-order valence-electron chi connectivity index (χ3n) is 5.24. The summed E-state index contributed by atoms with van der Waals surface area (Å²) in [5.41, 5.74) is 3.32. The summed E-state index contributed by atoms with van der Waals surface area (Å²) in [7, 11) is 0. The molecule has 0 radical (unpaired) electrons. The Bertz CT molecular complexity index is 721. The molecule has 0 spiro atoms. The molecule has 0 aliphatic carbocycles. The molecule has 1 atom stereocenters. The molecule has 3 heterocycles. The van der Waals surface area contributed by atoms with E-state index in [1.807, 2.05) is 23.7 Å². The number of rotatable bonds is 7. The van der Waals surface area contributed by atoms with Crippen molar-refractivity contribution >= 4 is 5.91 Å². The monoisotopic (exact) mass is 358 g/mol. The molecule has 142 valence electrons. The van der Waals surface area contributed by atoms with Crippen LogP contribution in [-0.4, -0.2) is 33.7 Å². The SMILES string of the molecule is CCCn1nc(C)c(CNC(=O)[C@@H]2CCCN(Cc3ccco3)C2)c1C. The van der Waals surface area contributed by atoms with Crippen LogP contribution in [0.15, 0.2) is 22.8 Å². The van der Waals surface area contributed by atoms with E-state index in [0.29, 0.717) is 6.54 Å². The summed E-state index contributed by atoms with van der Waals surface area (Å²) in [6, 6.07) is 3.90. The predicted octanol–water partition coefficient (Wildman–Crippen LogP) is 3.03. The van der Waals surface area contributed by atoms with E-state index in [1.165, 1.54) is 0 Å². The number of nitrogens with zero attached hydrogens (tertiary/aromatic N) is 3. The molecular weight excluding hydrogens is 328 g/mol. The molecule has 1 fully saturated rings. The van der Waals surface area contributed by atoms with E-state index in [2.05, 4.69) is 29.2 Å². The van der Waals surface area contributed by atoms with E-state index in [9.17, 15) is 4.79 Å². The highest BCUT2D eigenvalue weighted by molar-refractivity contribution is 5.79. The van der Waals surface area contributed by atoms with Crippen molar-refractivity contribution in [3.8, 4) is 0 Å². The van der Waals surface area contributed by atoms with Gasteiger partial charge >= 0.3 is 0 Å². The minimum Gasteiger partial charge on any atom is -0.468 e. The molecule has 6 nitrogen and oxygen atoms in total. The number of hydrogen-bond acceptors (Lipinski definition) is 4. The highest BCUT2D eigenvalue weighted by atomic mass is 16.3. The second kappa shape index (κ2) is 8.54. The minimum absolute atomic E-state index is 0.0463. The van der Waals surface area contributed by atoms with Crippen molar-refractivity contribution in [2.75, 3.05) is 13.1 Å². The van der Waals surface area contributed by atoms with Gasteiger partial charge in [0.15, 0.2) is 0 Å². The Morgan fingerprint density at radius 2 is 2.27 bits per heavy atom. The van der Waals surface area contributed by atoms with Gasteiger partial charge in [-0.2, -0.15) is 5.10 Å². The lowest BCUT2D eigenvalue weighted by atomic mass is 9.97. The maximum Gasteiger partial charge on any atom is 0.224 e. The summed E-state index contributed by atoms with van der Waals surface area (Å²) in [6.07, 6.45) is 4.76. The first-order valence-corrected chi connectivity index (χ1v) is 9.63. The lowest BCUT2D eigenvalue weighted by molar-refractivity contribution is -0.127. The zero-order valence-electron chi connectivity index (χ0n) is 16.1. The second-order valence-electron chi connectivity index (χ2n) is 7.24. The average Bonchev–Trinajstić information content (AvgIpc) is 3.22. The van der Waals surface area contributed by atoms with Gasteiger partial charge in [0, 0.05) is 30.9 Å². The van der Waals surface area contributed by atoms with E-state index >= 15 is 0 Å². The minimum atomic E-state index is 0.0463. The van der Waals surface area contributed by atoms with Gasteiger partial charge in [0.1, 0.15) is 5.76 Å². The van der Waals surface area contributed by atoms with Crippen LogP contribution in [0.1, 0.15) is 48.9 Å². The number of amides is 1. The summed E-state index contributed by atoms with van der Waals surface area (Å²) in [5.74, 6) is 1.15. The Hall–Kier alpha value is -2.08. The van der Waals surface area contributed by atoms with Crippen molar-refractivity contribution in [1.29, 1.82) is 0 Å². The van der Waals surface area contributed by atoms with E-state index in [0.717, 1.165) is 68.2 Å². The topological polar surface area (TPSA) is 63.3 Å². The van der Waals surface area contributed by atoms with E-state index in [-0.39, 0.29) is 11.8 Å². The average molecular weight is 358 g/mol. The molecule has 1 N–H and O–H groups in total. The standard InChI is InChI=1S/C20H30N4O2/c1-4-9-24-16(3)19(15(2)22-24)12-21-20(25)17-7-5-10-23(13-17)14-18-8-6-11-26-18/h6,8,11,17H,4-5,7,9-10,12-14H2,1-3H3,(H,21,25)/t17-/m1/s1. The molecule has 2 aromatic rings. The molecule has 6 heteroatoms. The summed E-state index contributed by atoms with van der Waals surface area (Å²) in [6.45, 7) is 10.3. The van der Waals surface area contributed by atoms with Crippen LogP contribution in [0.2, 0.25) is 0 Å². The largest absolute Gasteiger partial charge is 0.468 e. The third-order valence-corrected chi connectivity index (χ3v) is 5.24. The van der Waals surface area contributed by atoms with Crippen molar-refractivity contribution in [3.05, 3.63) is 41.1 Å². The van der Waals surface area contributed by atoms with E-state index in [4.69, 9.17) is 4.42 Å². The number of carbonyl (C=O) groups excluding carboxylic acids is 1. The first-order chi connectivity index (χ1) is 12.6. The van der Waals surface area contributed by atoms with Gasteiger partial charge in [-0.3, -0.25) is 14.4 Å². The molecule has 3 rings (SSSR count). The number of aryl methyl sites for hydroxylation is 2. The number of hydrogen-bond donors (Lipinski definition) is 1. The second-order valence-corrected chi connectivity index (χ2v) is 7.24. The lowest BCUT2D eigenvalue weighted by Crippen LogP contribution is -2.42. The van der Waals surface area contributed by atoms with Gasteiger partial charge in [0.2, 0.25) is 5.91 Å². The molecule has 0 bridgehead atoms. The molecular formula is C20H30N4O2. The Kier molecular flexibility index (Phi) is 6.14. The van der Waals surface area contributed by atoms with Crippen LogP contribution < -0.4 is 5.32 Å². The summed E-state index contributed by atoms with van der Waals surface area (Å²) in [4.78, 5) is 15.0. The van der Waals surface area contributed by atoms with Crippen LogP contribution in [-0.2, 0) is 24.4 Å². The van der Waals surface area contributed by atoms with Crippen LogP contribution in [0, 0.1) is 19.8 Å². The molecule has 0 saturated carbocycles. The lowest BCUT2D eigenvalue weighted by Gasteiger charge is -2.31. The van der Waals surface area contributed by atoms with Crippen molar-refractivity contribution in [2.45, 2.75) is 59.7 Å². The Balaban J connectivity index is 1.54. The van der Waals surface area contributed by atoms with Crippen LogP contribution in [0.25, 0.3) is 0 Å². The first kappa shape index (κ1) is 18.7. The number of carbonyl (C=O) groups is 1. The molecule has 2 aromatic heterocycles. The van der Waals surface area contributed by atoms with Gasteiger partial charge in [-0.15, -0.1) is 0 Å². The van der Waals surface area contributed by atoms with Crippen molar-refractivity contribution < 1.29 is 9.21 Å². The quantitative estimate of drug-likeness (QED) is 0.826. The van der Waals surface area contributed by atoms with Crippen LogP contribution >= 0.6 is 0 Å².